The summed E-state index contributed by atoms with van der Waals surface area (Å²) in [6.07, 6.45) is 1.06. The molecule has 8 nitrogen and oxygen atoms in total. The number of carboxylic acids is 1. The standard InChI is InChI=1S/C21H32N4O4/c1-4-7-19(26)22-18-9-8-16(14-17(18)21(28)29)25-12-10-23(11-13-25)15-20(27)24(5-2)6-3/h8-9,14H,4-7,10-13,15H2,1-3H3,(H,22,26)(H,28,29). The fraction of sp³-hybridized carbons (Fsp3) is 0.571. The number of carbonyl (C=O) groups is 3. The van der Waals surface area contributed by atoms with Gasteiger partial charge in [-0.1, -0.05) is 6.92 Å². The van der Waals surface area contributed by atoms with Crippen LogP contribution in [0.3, 0.4) is 0 Å². The van der Waals surface area contributed by atoms with Crippen molar-refractivity contribution in [2.75, 3.05) is 56.0 Å². The van der Waals surface area contributed by atoms with Gasteiger partial charge in [0.2, 0.25) is 11.8 Å². The van der Waals surface area contributed by atoms with E-state index in [2.05, 4.69) is 15.1 Å². The molecule has 1 fully saturated rings. The third-order valence-corrected chi connectivity index (χ3v) is 5.20. The number of nitrogens with one attached hydrogen (secondary N) is 1. The lowest BCUT2D eigenvalue weighted by atomic mass is 10.1. The van der Waals surface area contributed by atoms with Gasteiger partial charge in [-0.2, -0.15) is 0 Å². The van der Waals surface area contributed by atoms with E-state index in [0.717, 1.165) is 18.8 Å². The Labute approximate surface area is 172 Å². The van der Waals surface area contributed by atoms with Gasteiger partial charge in [-0.15, -0.1) is 0 Å². The summed E-state index contributed by atoms with van der Waals surface area (Å²) in [6, 6.07) is 5.11. The zero-order valence-corrected chi connectivity index (χ0v) is 17.6. The minimum absolute atomic E-state index is 0.0890. The van der Waals surface area contributed by atoms with E-state index < -0.39 is 5.97 Å². The zero-order valence-electron chi connectivity index (χ0n) is 17.6. The van der Waals surface area contributed by atoms with Crippen LogP contribution in [0.1, 0.15) is 44.0 Å². The molecule has 1 aromatic carbocycles. The van der Waals surface area contributed by atoms with Crippen molar-refractivity contribution >= 4 is 29.2 Å². The fourth-order valence-electron chi connectivity index (χ4n) is 3.49. The minimum Gasteiger partial charge on any atom is -0.478 e. The van der Waals surface area contributed by atoms with Crippen molar-refractivity contribution < 1.29 is 19.5 Å². The lowest BCUT2D eigenvalue weighted by molar-refractivity contribution is -0.132. The average Bonchev–Trinajstić information content (AvgIpc) is 2.70. The van der Waals surface area contributed by atoms with Crippen LogP contribution in [0.15, 0.2) is 18.2 Å². The highest BCUT2D eigenvalue weighted by Gasteiger charge is 2.22. The molecule has 1 aliphatic rings. The van der Waals surface area contributed by atoms with E-state index in [1.54, 1.807) is 12.1 Å². The molecule has 0 unspecified atom stereocenters. The third kappa shape index (κ3) is 6.19. The summed E-state index contributed by atoms with van der Waals surface area (Å²) in [4.78, 5) is 41.9. The first-order valence-corrected chi connectivity index (χ1v) is 10.3. The number of piperazine rings is 1. The first-order chi connectivity index (χ1) is 13.9. The summed E-state index contributed by atoms with van der Waals surface area (Å²) in [7, 11) is 0. The van der Waals surface area contributed by atoms with E-state index in [4.69, 9.17) is 0 Å². The van der Waals surface area contributed by atoms with Crippen LogP contribution in [-0.4, -0.2) is 78.5 Å². The number of nitrogens with zero attached hydrogens (tertiary/aromatic N) is 3. The van der Waals surface area contributed by atoms with Crippen LogP contribution < -0.4 is 10.2 Å². The number of amides is 2. The predicted molar refractivity (Wildman–Crippen MR) is 114 cm³/mol. The van der Waals surface area contributed by atoms with Crippen LogP contribution in [0, 0.1) is 0 Å². The number of carboxylic acid groups (broad SMARTS) is 1. The number of aromatic carboxylic acids is 1. The van der Waals surface area contributed by atoms with Crippen molar-refractivity contribution in [2.24, 2.45) is 0 Å². The van der Waals surface area contributed by atoms with Crippen molar-refractivity contribution in [3.63, 3.8) is 0 Å². The summed E-state index contributed by atoms with van der Waals surface area (Å²) < 4.78 is 0. The van der Waals surface area contributed by atoms with Crippen molar-refractivity contribution in [3.8, 4) is 0 Å². The summed E-state index contributed by atoms with van der Waals surface area (Å²) in [6.45, 7) is 10.6. The molecular weight excluding hydrogens is 372 g/mol. The van der Waals surface area contributed by atoms with Gasteiger partial charge in [0, 0.05) is 51.4 Å². The van der Waals surface area contributed by atoms with Crippen LogP contribution in [0.5, 0.6) is 0 Å². The van der Waals surface area contributed by atoms with Crippen LogP contribution >= 0.6 is 0 Å². The van der Waals surface area contributed by atoms with Gasteiger partial charge >= 0.3 is 5.97 Å². The molecule has 160 valence electrons. The number of benzene rings is 1. The molecule has 0 spiro atoms. The van der Waals surface area contributed by atoms with Crippen molar-refractivity contribution in [1.82, 2.24) is 9.80 Å². The lowest BCUT2D eigenvalue weighted by Crippen LogP contribution is -2.50. The van der Waals surface area contributed by atoms with Gasteiger partial charge in [-0.25, -0.2) is 4.79 Å². The van der Waals surface area contributed by atoms with Gasteiger partial charge in [-0.3, -0.25) is 14.5 Å². The molecule has 29 heavy (non-hydrogen) atoms. The maximum atomic E-state index is 12.3. The highest BCUT2D eigenvalue weighted by molar-refractivity contribution is 6.01. The molecule has 1 saturated heterocycles. The molecule has 0 aromatic heterocycles. The molecule has 2 N–H and O–H groups in total. The Morgan fingerprint density at radius 1 is 1.07 bits per heavy atom. The minimum atomic E-state index is -1.07. The molecule has 2 rings (SSSR count). The first-order valence-electron chi connectivity index (χ1n) is 10.3. The largest absolute Gasteiger partial charge is 0.478 e. The number of likely N-dealkylation sites (N-methyl/N-ethyl adjacent to an activating group) is 1. The molecule has 1 aromatic rings. The van der Waals surface area contributed by atoms with Gasteiger partial charge in [0.1, 0.15) is 0 Å². The molecule has 0 radical (unpaired) electrons. The van der Waals surface area contributed by atoms with Crippen LogP contribution in [0.2, 0.25) is 0 Å². The summed E-state index contributed by atoms with van der Waals surface area (Å²) >= 11 is 0. The van der Waals surface area contributed by atoms with Gasteiger partial charge in [-0.05, 0) is 38.5 Å². The topological polar surface area (TPSA) is 93.2 Å². The third-order valence-electron chi connectivity index (χ3n) is 5.20. The Morgan fingerprint density at radius 3 is 2.28 bits per heavy atom. The normalized spacial score (nSPS) is 14.5. The van der Waals surface area contributed by atoms with Crippen LogP contribution in [-0.2, 0) is 9.59 Å². The molecule has 0 aliphatic carbocycles. The first kappa shape index (κ1) is 22.7. The Balaban J connectivity index is 2.01. The second kappa shape index (κ2) is 10.8. The second-order valence-corrected chi connectivity index (χ2v) is 7.16. The van der Waals surface area contributed by atoms with E-state index in [9.17, 15) is 19.5 Å². The maximum absolute atomic E-state index is 12.3. The SMILES string of the molecule is CCCC(=O)Nc1ccc(N2CCN(CC(=O)N(CC)CC)CC2)cc1C(=O)O. The summed E-state index contributed by atoms with van der Waals surface area (Å²) in [5, 5.41) is 12.2. The zero-order chi connectivity index (χ0) is 21.4. The van der Waals surface area contributed by atoms with Gasteiger partial charge in [0.25, 0.3) is 0 Å². The van der Waals surface area contributed by atoms with Gasteiger partial charge < -0.3 is 20.2 Å². The monoisotopic (exact) mass is 404 g/mol. The molecule has 0 bridgehead atoms. The van der Waals surface area contributed by atoms with Gasteiger partial charge in [0.05, 0.1) is 17.8 Å². The highest BCUT2D eigenvalue weighted by atomic mass is 16.4. The lowest BCUT2D eigenvalue weighted by Gasteiger charge is -2.36. The Kier molecular flexibility index (Phi) is 8.45. The molecule has 0 atom stereocenters. The second-order valence-electron chi connectivity index (χ2n) is 7.16. The van der Waals surface area contributed by atoms with Crippen LogP contribution in [0.25, 0.3) is 0 Å². The van der Waals surface area contributed by atoms with Gasteiger partial charge in [0.15, 0.2) is 0 Å². The summed E-state index contributed by atoms with van der Waals surface area (Å²) in [5.74, 6) is -1.11. The van der Waals surface area contributed by atoms with Crippen molar-refractivity contribution in [3.05, 3.63) is 23.8 Å². The summed E-state index contributed by atoms with van der Waals surface area (Å²) in [5.41, 5.74) is 1.22. The van der Waals surface area contributed by atoms with Crippen molar-refractivity contribution in [1.29, 1.82) is 0 Å². The molecular formula is C21H32N4O4. The number of rotatable bonds is 9. The van der Waals surface area contributed by atoms with E-state index in [-0.39, 0.29) is 17.4 Å². The van der Waals surface area contributed by atoms with E-state index in [0.29, 0.717) is 51.3 Å². The molecule has 0 saturated carbocycles. The van der Waals surface area contributed by atoms with Crippen LogP contribution in [0.4, 0.5) is 11.4 Å². The molecule has 8 heteroatoms. The number of carbonyl (C=O) groups excluding carboxylic acids is 2. The maximum Gasteiger partial charge on any atom is 0.337 e. The number of anilines is 2. The number of hydrogen-bond acceptors (Lipinski definition) is 5. The average molecular weight is 405 g/mol. The smallest absolute Gasteiger partial charge is 0.337 e. The van der Waals surface area contributed by atoms with E-state index in [1.165, 1.54) is 0 Å². The quantitative estimate of drug-likeness (QED) is 0.655. The molecule has 2 amide bonds. The van der Waals surface area contributed by atoms with Crippen molar-refractivity contribution in [2.45, 2.75) is 33.6 Å². The molecule has 1 aliphatic heterocycles. The predicted octanol–water partition coefficient (Wildman–Crippen LogP) is 2.11. The van der Waals surface area contributed by atoms with E-state index in [1.807, 2.05) is 31.7 Å². The fourth-order valence-corrected chi connectivity index (χ4v) is 3.49. The number of hydrogen-bond donors (Lipinski definition) is 2. The molecule has 1 heterocycles. The Bertz CT molecular complexity index is 725. The highest BCUT2D eigenvalue weighted by Crippen LogP contribution is 2.25. The Hall–Kier alpha value is -2.61. The van der Waals surface area contributed by atoms with E-state index >= 15 is 0 Å². The Morgan fingerprint density at radius 2 is 1.72 bits per heavy atom.